The molecule has 0 spiro atoms. The van der Waals surface area contributed by atoms with E-state index in [1.165, 1.54) is 0 Å². The molecule has 254 valence electrons. The van der Waals surface area contributed by atoms with Crippen molar-refractivity contribution in [3.05, 3.63) is 179 Å². The number of benzene rings is 3. The summed E-state index contributed by atoms with van der Waals surface area (Å²) in [5.74, 6) is -0.772. The third kappa shape index (κ3) is 7.66. The van der Waals surface area contributed by atoms with Gasteiger partial charge < -0.3 is 0 Å². The molecule has 0 aliphatic carbocycles. The average molecular weight is 685 g/mol. The summed E-state index contributed by atoms with van der Waals surface area (Å²) in [6, 6.07) is 34.2. The number of carbonyl (C=O) groups excluding carboxylic acids is 2. The van der Waals surface area contributed by atoms with E-state index < -0.39 is 0 Å². The Kier molecular flexibility index (Phi) is 9.70. The summed E-state index contributed by atoms with van der Waals surface area (Å²) >= 11 is 0. The molecule has 0 unspecified atom stereocenters. The Balaban J connectivity index is 0.869. The maximum atomic E-state index is 12.6. The van der Waals surface area contributed by atoms with E-state index in [-0.39, 0.29) is 11.8 Å². The molecule has 4 aromatic heterocycles. The van der Waals surface area contributed by atoms with E-state index in [4.69, 9.17) is 0 Å². The van der Waals surface area contributed by atoms with Crippen LogP contribution in [0.15, 0.2) is 144 Å². The Hall–Kier alpha value is -7.20. The molecule has 10 nitrogen and oxygen atoms in total. The van der Waals surface area contributed by atoms with E-state index in [1.807, 2.05) is 99.3 Å². The van der Waals surface area contributed by atoms with Gasteiger partial charge in [-0.2, -0.15) is 10.2 Å². The van der Waals surface area contributed by atoms with Gasteiger partial charge in [-0.3, -0.25) is 9.59 Å². The lowest BCUT2D eigenvalue weighted by molar-refractivity contribution is -0.646. The van der Waals surface area contributed by atoms with Crippen molar-refractivity contribution >= 4 is 59.8 Å². The second kappa shape index (κ2) is 15.1. The van der Waals surface area contributed by atoms with Crippen molar-refractivity contribution in [2.75, 3.05) is 0 Å². The Labute approximate surface area is 300 Å². The van der Waals surface area contributed by atoms with E-state index in [9.17, 15) is 9.59 Å². The van der Waals surface area contributed by atoms with Crippen molar-refractivity contribution in [1.29, 1.82) is 0 Å². The van der Waals surface area contributed by atoms with Gasteiger partial charge in [-0.1, -0.05) is 72.8 Å². The van der Waals surface area contributed by atoms with E-state index >= 15 is 0 Å². The lowest BCUT2D eigenvalue weighted by atomic mass is 10.1. The lowest BCUT2D eigenvalue weighted by Crippen LogP contribution is -2.29. The molecule has 52 heavy (non-hydrogen) atoms. The number of amides is 2. The van der Waals surface area contributed by atoms with Gasteiger partial charge in [-0.25, -0.2) is 28.8 Å². The molecule has 4 heterocycles. The molecule has 7 rings (SSSR count). The minimum atomic E-state index is -0.386. The van der Waals surface area contributed by atoms with Gasteiger partial charge in [0.15, 0.2) is 11.4 Å². The van der Waals surface area contributed by atoms with Crippen molar-refractivity contribution in [1.82, 2.24) is 19.7 Å². The summed E-state index contributed by atoms with van der Waals surface area (Å²) in [4.78, 5) is 25.3. The second-order valence-electron chi connectivity index (χ2n) is 12.1. The van der Waals surface area contributed by atoms with Gasteiger partial charge in [0, 0.05) is 23.3 Å². The van der Waals surface area contributed by atoms with Crippen molar-refractivity contribution in [3.63, 3.8) is 0 Å². The largest absolute Gasteiger partial charge is 0.286 e. The van der Waals surface area contributed by atoms with Gasteiger partial charge in [0.2, 0.25) is 0 Å². The van der Waals surface area contributed by atoms with E-state index in [0.29, 0.717) is 11.1 Å². The average Bonchev–Trinajstić information content (AvgIpc) is 3.68. The van der Waals surface area contributed by atoms with E-state index in [0.717, 1.165) is 44.9 Å². The summed E-state index contributed by atoms with van der Waals surface area (Å²) in [5, 5.41) is 8.18. The first-order chi connectivity index (χ1) is 25.4. The van der Waals surface area contributed by atoms with Crippen molar-refractivity contribution in [2.24, 2.45) is 24.3 Å². The van der Waals surface area contributed by atoms with Gasteiger partial charge in [0.05, 0.1) is 38.9 Å². The highest BCUT2D eigenvalue weighted by atomic mass is 16.2. The highest BCUT2D eigenvalue weighted by molar-refractivity contribution is 5.98. The van der Waals surface area contributed by atoms with Gasteiger partial charge >= 0.3 is 0 Å². The molecular formula is C42H36N8O2+2. The molecule has 2 amide bonds. The minimum Gasteiger partial charge on any atom is -0.267 e. The normalized spacial score (nSPS) is 11.9. The number of carbonyl (C=O) groups is 2. The Bertz CT molecular complexity index is 2330. The number of nitrogens with one attached hydrogen (secondary N) is 2. The molecule has 0 atom stereocenters. The van der Waals surface area contributed by atoms with Crippen LogP contribution in [-0.4, -0.2) is 33.0 Å². The van der Waals surface area contributed by atoms with Gasteiger partial charge in [-0.05, 0) is 70.8 Å². The fourth-order valence-electron chi connectivity index (χ4n) is 5.70. The number of pyridine rings is 2. The van der Waals surface area contributed by atoms with Crippen LogP contribution in [0.1, 0.15) is 54.4 Å². The smallest absolute Gasteiger partial charge is 0.267 e. The van der Waals surface area contributed by atoms with E-state index in [1.54, 1.807) is 36.7 Å². The van der Waals surface area contributed by atoms with Crippen LogP contribution < -0.4 is 20.0 Å². The van der Waals surface area contributed by atoms with Crippen LogP contribution in [0.4, 0.5) is 0 Å². The van der Waals surface area contributed by atoms with Gasteiger partial charge in [0.1, 0.15) is 12.4 Å². The summed E-state index contributed by atoms with van der Waals surface area (Å²) in [5.41, 5.74) is 14.0. The van der Waals surface area contributed by atoms with Crippen LogP contribution in [-0.2, 0) is 14.1 Å². The first-order valence-electron chi connectivity index (χ1n) is 16.7. The number of hydrazone groups is 2. The SMILES string of the molecule is C[n+]1c(/C=C\c2ccc(/C=N\NC(=O)c3ccc(C(=O)N/N=C/c4ccc(/C=C\c5cn6ccccc6[n+]5C)cc4)cc3)cc2)cn2ccccc21. The van der Waals surface area contributed by atoms with Crippen LogP contribution in [0.25, 0.3) is 35.6 Å². The molecule has 3 aromatic carbocycles. The highest BCUT2D eigenvalue weighted by Crippen LogP contribution is 2.11. The Morgan fingerprint density at radius 2 is 0.904 bits per heavy atom. The molecule has 10 heteroatoms. The predicted octanol–water partition coefficient (Wildman–Crippen LogP) is 5.71. The number of imidazole rings is 2. The molecule has 7 aromatic rings. The minimum absolute atomic E-state index is 0.373. The fraction of sp³-hybridized carbons (Fsp3) is 0.0476. The zero-order chi connectivity index (χ0) is 35.9. The van der Waals surface area contributed by atoms with Gasteiger partial charge in [-0.15, -0.1) is 0 Å². The zero-order valence-electron chi connectivity index (χ0n) is 28.7. The summed E-state index contributed by atoms with van der Waals surface area (Å²) in [7, 11) is 4.08. The molecule has 0 saturated heterocycles. The van der Waals surface area contributed by atoms with Crippen LogP contribution >= 0.6 is 0 Å². The summed E-state index contributed by atoms with van der Waals surface area (Å²) < 4.78 is 8.43. The van der Waals surface area contributed by atoms with Crippen LogP contribution in [0.2, 0.25) is 0 Å². The van der Waals surface area contributed by atoms with Crippen molar-refractivity contribution in [2.45, 2.75) is 0 Å². The quantitative estimate of drug-likeness (QED) is 0.110. The summed E-state index contributed by atoms with van der Waals surface area (Å²) in [6.07, 6.45) is 19.6. The first-order valence-corrected chi connectivity index (χ1v) is 16.7. The Morgan fingerprint density at radius 1 is 0.519 bits per heavy atom. The summed E-state index contributed by atoms with van der Waals surface area (Å²) in [6.45, 7) is 0. The van der Waals surface area contributed by atoms with Gasteiger partial charge in [0.25, 0.3) is 23.1 Å². The number of nitrogens with zero attached hydrogens (tertiary/aromatic N) is 6. The molecule has 0 aliphatic rings. The lowest BCUT2D eigenvalue weighted by Gasteiger charge is -2.03. The molecule has 0 bridgehead atoms. The molecule has 0 radical (unpaired) electrons. The van der Waals surface area contributed by atoms with Crippen LogP contribution in [0, 0.1) is 0 Å². The molecule has 2 N–H and O–H groups in total. The topological polar surface area (TPSA) is 99.5 Å². The van der Waals surface area contributed by atoms with Crippen LogP contribution in [0.5, 0.6) is 0 Å². The zero-order valence-corrected chi connectivity index (χ0v) is 28.7. The van der Waals surface area contributed by atoms with Crippen molar-refractivity contribution < 1.29 is 18.7 Å². The third-order valence-corrected chi connectivity index (χ3v) is 8.67. The monoisotopic (exact) mass is 684 g/mol. The predicted molar refractivity (Wildman–Crippen MR) is 204 cm³/mol. The van der Waals surface area contributed by atoms with E-state index in [2.05, 4.69) is 87.8 Å². The standard InChI is InChI=1S/C42H34N8O2/c1-47-37(29-49-25-5-3-7-39(47)49)23-17-31-9-13-33(14-10-31)27-43-45-41(51)35-19-21-36(22-20-35)42(52)46-44-28-34-15-11-32(12-16-34)18-24-38-30-50-26-6-4-8-40(50)48(38)2/h3-30H,1-2H3/p+2/b23-17-,24-18-,43-27-,44-28+. The molecule has 0 saturated carbocycles. The highest BCUT2D eigenvalue weighted by Gasteiger charge is 2.12. The number of rotatable bonds is 10. The van der Waals surface area contributed by atoms with Crippen molar-refractivity contribution in [3.8, 4) is 0 Å². The molecule has 0 aliphatic heterocycles. The second-order valence-corrected chi connectivity index (χ2v) is 12.1. The first kappa shape index (κ1) is 33.3. The molecule has 0 fully saturated rings. The third-order valence-electron chi connectivity index (χ3n) is 8.67. The molecular weight excluding hydrogens is 649 g/mol. The maximum Gasteiger partial charge on any atom is 0.286 e. The van der Waals surface area contributed by atoms with Crippen LogP contribution in [0.3, 0.4) is 0 Å². The maximum absolute atomic E-state index is 12.6. The number of fused-ring (bicyclic) bond motifs is 2. The fourth-order valence-corrected chi connectivity index (χ4v) is 5.70. The Morgan fingerprint density at radius 3 is 1.29 bits per heavy atom. The number of aromatic nitrogens is 4. The number of hydrogen-bond donors (Lipinski definition) is 2. The number of aryl methyl sites for hydroxylation is 2. The number of hydrogen-bond acceptors (Lipinski definition) is 4.